The Labute approximate surface area is 131 Å². The fourth-order valence-electron chi connectivity index (χ4n) is 2.63. The molecule has 0 saturated heterocycles. The van der Waals surface area contributed by atoms with Crippen molar-refractivity contribution in [2.24, 2.45) is 4.99 Å². The number of ether oxygens (including phenoxy) is 1. The van der Waals surface area contributed by atoms with Crippen LogP contribution in [0, 0.1) is 0 Å². The maximum absolute atomic E-state index is 12.6. The molecule has 5 heteroatoms. The first-order valence-electron chi connectivity index (χ1n) is 7.96. The second-order valence-corrected chi connectivity index (χ2v) is 6.89. The summed E-state index contributed by atoms with van der Waals surface area (Å²) in [5, 5.41) is 0. The lowest BCUT2D eigenvalue weighted by Crippen LogP contribution is -2.39. The highest BCUT2D eigenvalue weighted by atomic mass is 16.6. The van der Waals surface area contributed by atoms with Gasteiger partial charge in [-0.3, -0.25) is 9.89 Å². The van der Waals surface area contributed by atoms with E-state index in [0.29, 0.717) is 5.82 Å². The lowest BCUT2D eigenvalue weighted by Gasteiger charge is -2.28. The van der Waals surface area contributed by atoms with Gasteiger partial charge in [0.1, 0.15) is 11.4 Å². The van der Waals surface area contributed by atoms with Gasteiger partial charge in [-0.25, -0.2) is 9.78 Å². The third kappa shape index (κ3) is 3.29. The second-order valence-electron chi connectivity index (χ2n) is 6.89. The third-order valence-corrected chi connectivity index (χ3v) is 3.70. The predicted octanol–water partition coefficient (Wildman–Crippen LogP) is 3.57. The summed E-state index contributed by atoms with van der Waals surface area (Å²) >= 11 is 0. The number of anilines is 1. The number of amides is 1. The molecule has 1 fully saturated rings. The summed E-state index contributed by atoms with van der Waals surface area (Å²) in [7, 11) is 0. The highest BCUT2D eigenvalue weighted by Crippen LogP contribution is 2.34. The van der Waals surface area contributed by atoms with Crippen molar-refractivity contribution in [3.8, 4) is 0 Å². The van der Waals surface area contributed by atoms with Gasteiger partial charge in [0.25, 0.3) is 0 Å². The van der Waals surface area contributed by atoms with Gasteiger partial charge in [-0.05, 0) is 58.6 Å². The van der Waals surface area contributed by atoms with E-state index in [1.807, 2.05) is 32.9 Å². The van der Waals surface area contributed by atoms with Gasteiger partial charge in [0, 0.05) is 30.1 Å². The van der Waals surface area contributed by atoms with Crippen LogP contribution in [0.25, 0.3) is 0 Å². The number of aliphatic imine (C=N–C) groups is 1. The molecule has 0 radical (unpaired) electrons. The van der Waals surface area contributed by atoms with Crippen LogP contribution in [-0.4, -0.2) is 35.0 Å². The fourth-order valence-corrected chi connectivity index (χ4v) is 2.63. The van der Waals surface area contributed by atoms with Crippen LogP contribution in [0.2, 0.25) is 0 Å². The Morgan fingerprint density at radius 2 is 2.14 bits per heavy atom. The van der Waals surface area contributed by atoms with Crippen LogP contribution in [0.3, 0.4) is 0 Å². The summed E-state index contributed by atoms with van der Waals surface area (Å²) in [6.45, 7) is 6.52. The van der Waals surface area contributed by atoms with Crippen LogP contribution in [0.5, 0.6) is 0 Å². The van der Waals surface area contributed by atoms with Crippen LogP contribution in [-0.2, 0) is 4.74 Å². The maximum Gasteiger partial charge on any atom is 0.416 e. The average molecular weight is 301 g/mol. The zero-order chi connectivity index (χ0) is 15.7. The van der Waals surface area contributed by atoms with Crippen LogP contribution >= 0.6 is 0 Å². The number of hydrogen-bond acceptors (Lipinski definition) is 4. The molecule has 0 atom stereocenters. The van der Waals surface area contributed by atoms with Crippen molar-refractivity contribution < 1.29 is 9.53 Å². The zero-order valence-corrected chi connectivity index (χ0v) is 13.5. The molecular weight excluding hydrogens is 278 g/mol. The number of rotatable bonds is 3. The molecule has 1 saturated carbocycles. The van der Waals surface area contributed by atoms with Gasteiger partial charge in [0.15, 0.2) is 0 Å². The zero-order valence-electron chi connectivity index (χ0n) is 13.5. The molecule has 0 unspecified atom stereocenters. The molecule has 0 aromatic carbocycles. The van der Waals surface area contributed by atoms with E-state index in [9.17, 15) is 4.79 Å². The Morgan fingerprint density at radius 3 is 2.73 bits per heavy atom. The molecule has 1 aliphatic heterocycles. The molecule has 1 aromatic heterocycles. The molecule has 2 heterocycles. The van der Waals surface area contributed by atoms with Crippen LogP contribution in [0.4, 0.5) is 10.6 Å². The molecule has 2 aliphatic rings. The van der Waals surface area contributed by atoms with Crippen molar-refractivity contribution in [2.75, 3.05) is 11.4 Å². The number of carbonyl (C=O) groups excluding carboxylic acids is 1. The minimum absolute atomic E-state index is 0.200. The summed E-state index contributed by atoms with van der Waals surface area (Å²) in [5.74, 6) is 0.694. The van der Waals surface area contributed by atoms with Gasteiger partial charge >= 0.3 is 6.09 Å². The highest BCUT2D eigenvalue weighted by molar-refractivity contribution is 6.07. The number of hydrogen-bond donors (Lipinski definition) is 0. The van der Waals surface area contributed by atoms with Gasteiger partial charge in [-0.1, -0.05) is 0 Å². The third-order valence-electron chi connectivity index (χ3n) is 3.70. The van der Waals surface area contributed by atoms with E-state index in [-0.39, 0.29) is 12.1 Å². The van der Waals surface area contributed by atoms with Crippen molar-refractivity contribution in [1.82, 2.24) is 4.98 Å². The first kappa shape index (κ1) is 15.0. The lowest BCUT2D eigenvalue weighted by atomic mass is 10.1. The van der Waals surface area contributed by atoms with Crippen molar-refractivity contribution >= 4 is 17.6 Å². The number of nitrogens with zero attached hydrogens (tertiary/aromatic N) is 3. The van der Waals surface area contributed by atoms with Crippen molar-refractivity contribution in [3.63, 3.8) is 0 Å². The first-order chi connectivity index (χ1) is 10.5. The molecule has 5 nitrogen and oxygen atoms in total. The summed E-state index contributed by atoms with van der Waals surface area (Å²) in [5.41, 5.74) is 1.51. The molecule has 22 heavy (non-hydrogen) atoms. The van der Waals surface area contributed by atoms with Crippen LogP contribution in [0.1, 0.15) is 52.0 Å². The topological polar surface area (TPSA) is 54.8 Å². The van der Waals surface area contributed by atoms with Crippen molar-refractivity contribution in [3.05, 3.63) is 23.9 Å². The van der Waals surface area contributed by atoms with E-state index >= 15 is 0 Å². The second kappa shape index (κ2) is 5.71. The smallest absolute Gasteiger partial charge is 0.416 e. The van der Waals surface area contributed by atoms with Gasteiger partial charge in [0.05, 0.1) is 0 Å². The minimum atomic E-state index is -0.510. The number of carbonyl (C=O) groups is 1. The fraction of sp³-hybridized carbons (Fsp3) is 0.588. The molecule has 1 amide bonds. The van der Waals surface area contributed by atoms with E-state index in [1.165, 1.54) is 0 Å². The number of pyridine rings is 1. The monoisotopic (exact) mass is 301 g/mol. The van der Waals surface area contributed by atoms with Crippen LogP contribution < -0.4 is 4.90 Å². The number of aromatic nitrogens is 1. The van der Waals surface area contributed by atoms with Crippen LogP contribution in [0.15, 0.2) is 23.3 Å². The normalized spacial score (nSPS) is 18.0. The maximum atomic E-state index is 12.6. The van der Waals surface area contributed by atoms with E-state index in [4.69, 9.17) is 4.74 Å². The molecule has 0 bridgehead atoms. The quantitative estimate of drug-likeness (QED) is 0.857. The molecular formula is C17H23N3O2. The summed E-state index contributed by atoms with van der Waals surface area (Å²) < 4.78 is 5.58. The molecule has 0 spiro atoms. The Balaban J connectivity index is 1.94. The standard InChI is InChI=1S/C17H23N3O2/c1-17(2,3)22-16(21)20(12-8-9-12)15-13(6-4-11-19-15)14-7-5-10-18-14/h4,6,11-12H,5,7-10H2,1-3H3. The van der Waals surface area contributed by atoms with Crippen molar-refractivity contribution in [2.45, 2.75) is 58.1 Å². The Morgan fingerprint density at radius 1 is 1.36 bits per heavy atom. The van der Waals surface area contributed by atoms with Gasteiger partial charge in [-0.15, -0.1) is 0 Å². The van der Waals surface area contributed by atoms with E-state index in [2.05, 4.69) is 9.98 Å². The van der Waals surface area contributed by atoms with Gasteiger partial charge < -0.3 is 4.74 Å². The van der Waals surface area contributed by atoms with E-state index in [1.54, 1.807) is 11.1 Å². The molecule has 0 N–H and O–H groups in total. The van der Waals surface area contributed by atoms with E-state index in [0.717, 1.165) is 43.5 Å². The largest absolute Gasteiger partial charge is 0.443 e. The molecule has 3 rings (SSSR count). The Kier molecular flexibility index (Phi) is 3.89. The van der Waals surface area contributed by atoms with Gasteiger partial charge in [-0.2, -0.15) is 0 Å². The predicted molar refractivity (Wildman–Crippen MR) is 86.6 cm³/mol. The molecule has 118 valence electrons. The summed E-state index contributed by atoms with van der Waals surface area (Å²) in [4.78, 5) is 23.4. The van der Waals surface area contributed by atoms with Crippen molar-refractivity contribution in [1.29, 1.82) is 0 Å². The van der Waals surface area contributed by atoms with E-state index < -0.39 is 5.60 Å². The highest BCUT2D eigenvalue weighted by Gasteiger charge is 2.38. The summed E-state index contributed by atoms with van der Waals surface area (Å²) in [6, 6.07) is 4.11. The average Bonchev–Trinajstić information content (AvgIpc) is 3.11. The minimum Gasteiger partial charge on any atom is -0.443 e. The first-order valence-corrected chi connectivity index (χ1v) is 7.96. The Bertz CT molecular complexity index is 600. The molecule has 1 aromatic rings. The summed E-state index contributed by atoms with van der Waals surface area (Å²) in [6.07, 6.45) is 5.44. The lowest BCUT2D eigenvalue weighted by molar-refractivity contribution is 0.0576. The molecule has 1 aliphatic carbocycles. The Hall–Kier alpha value is -1.91. The van der Waals surface area contributed by atoms with Gasteiger partial charge in [0.2, 0.25) is 0 Å². The SMILES string of the molecule is CC(C)(C)OC(=O)N(c1ncccc1C1=NCCC1)C1CC1.